The molecule has 0 heterocycles. The van der Waals surface area contributed by atoms with Gasteiger partial charge in [0, 0.05) is 16.8 Å². The summed E-state index contributed by atoms with van der Waals surface area (Å²) in [6, 6.07) is 9.95. The van der Waals surface area contributed by atoms with Gasteiger partial charge in [0.15, 0.2) is 0 Å². The molecule has 2 aromatic carbocycles. The SMILES string of the molecule is Cc1c(N)cc2ccccc2c1N. The Morgan fingerprint density at radius 2 is 1.77 bits per heavy atom. The van der Waals surface area contributed by atoms with Crippen molar-refractivity contribution in [2.75, 3.05) is 11.5 Å². The number of nitrogens with two attached hydrogens (primary N) is 2. The molecule has 0 spiro atoms. The first-order valence-corrected chi connectivity index (χ1v) is 4.23. The normalized spacial score (nSPS) is 10.5. The first kappa shape index (κ1) is 7.92. The van der Waals surface area contributed by atoms with Crippen LogP contribution in [0.5, 0.6) is 0 Å². The van der Waals surface area contributed by atoms with Crippen molar-refractivity contribution in [1.82, 2.24) is 0 Å². The van der Waals surface area contributed by atoms with Crippen molar-refractivity contribution in [2.24, 2.45) is 0 Å². The van der Waals surface area contributed by atoms with Crippen LogP contribution < -0.4 is 11.5 Å². The number of nitrogen functional groups attached to an aromatic ring is 2. The second-order valence-electron chi connectivity index (χ2n) is 3.23. The summed E-state index contributed by atoms with van der Waals surface area (Å²) in [7, 11) is 0. The van der Waals surface area contributed by atoms with Crippen LogP contribution in [0.1, 0.15) is 5.56 Å². The highest BCUT2D eigenvalue weighted by atomic mass is 14.6. The molecule has 2 heteroatoms. The lowest BCUT2D eigenvalue weighted by Gasteiger charge is -2.08. The molecule has 2 aromatic rings. The standard InChI is InChI=1S/C11H12N2/c1-7-10(12)6-8-4-2-3-5-9(8)11(7)13/h2-6H,12-13H2,1H3. The molecule has 13 heavy (non-hydrogen) atoms. The zero-order chi connectivity index (χ0) is 9.42. The highest BCUT2D eigenvalue weighted by molar-refractivity contribution is 5.97. The van der Waals surface area contributed by atoms with E-state index in [1.807, 2.05) is 37.3 Å². The summed E-state index contributed by atoms with van der Waals surface area (Å²) in [4.78, 5) is 0. The van der Waals surface area contributed by atoms with Crippen molar-refractivity contribution in [3.8, 4) is 0 Å². The number of hydrogen-bond donors (Lipinski definition) is 2. The van der Waals surface area contributed by atoms with E-state index in [1.165, 1.54) is 0 Å². The zero-order valence-corrected chi connectivity index (χ0v) is 7.54. The molecule has 0 aliphatic carbocycles. The van der Waals surface area contributed by atoms with Crippen molar-refractivity contribution in [1.29, 1.82) is 0 Å². The molecule has 0 bridgehead atoms. The Morgan fingerprint density at radius 1 is 1.08 bits per heavy atom. The Balaban J connectivity index is 2.94. The second-order valence-corrected chi connectivity index (χ2v) is 3.23. The quantitative estimate of drug-likeness (QED) is 0.599. The highest BCUT2D eigenvalue weighted by Gasteiger charge is 2.03. The van der Waals surface area contributed by atoms with E-state index < -0.39 is 0 Å². The molecule has 0 amide bonds. The van der Waals surface area contributed by atoms with Crippen molar-refractivity contribution >= 4 is 22.1 Å². The van der Waals surface area contributed by atoms with Crippen LogP contribution in [0.2, 0.25) is 0 Å². The Kier molecular flexibility index (Phi) is 1.62. The lowest BCUT2D eigenvalue weighted by Crippen LogP contribution is -1.96. The molecule has 0 unspecified atom stereocenters. The third kappa shape index (κ3) is 1.11. The van der Waals surface area contributed by atoms with E-state index in [9.17, 15) is 0 Å². The van der Waals surface area contributed by atoms with Crippen LogP contribution in [0, 0.1) is 6.92 Å². The Bertz CT molecular complexity index is 461. The largest absolute Gasteiger partial charge is 0.398 e. The maximum Gasteiger partial charge on any atom is 0.0444 e. The van der Waals surface area contributed by atoms with Gasteiger partial charge in [-0.2, -0.15) is 0 Å². The van der Waals surface area contributed by atoms with Crippen LogP contribution in [0.25, 0.3) is 10.8 Å². The van der Waals surface area contributed by atoms with Gasteiger partial charge in [-0.15, -0.1) is 0 Å². The maximum atomic E-state index is 5.94. The average molecular weight is 172 g/mol. The molecule has 2 nitrogen and oxygen atoms in total. The first-order chi connectivity index (χ1) is 6.20. The van der Waals surface area contributed by atoms with Gasteiger partial charge >= 0.3 is 0 Å². The van der Waals surface area contributed by atoms with Crippen molar-refractivity contribution in [3.05, 3.63) is 35.9 Å². The van der Waals surface area contributed by atoms with E-state index in [2.05, 4.69) is 0 Å². The molecule has 0 aliphatic rings. The van der Waals surface area contributed by atoms with Gasteiger partial charge in [-0.3, -0.25) is 0 Å². The molecule has 66 valence electrons. The second kappa shape index (κ2) is 2.66. The monoisotopic (exact) mass is 172 g/mol. The van der Waals surface area contributed by atoms with Crippen molar-refractivity contribution < 1.29 is 0 Å². The Labute approximate surface area is 77.2 Å². The van der Waals surface area contributed by atoms with Gasteiger partial charge in [-0.1, -0.05) is 24.3 Å². The van der Waals surface area contributed by atoms with Crippen LogP contribution in [-0.2, 0) is 0 Å². The summed E-state index contributed by atoms with van der Waals surface area (Å²) in [6.07, 6.45) is 0. The lowest BCUT2D eigenvalue weighted by molar-refractivity contribution is 1.50. The number of anilines is 2. The average Bonchev–Trinajstić information content (AvgIpc) is 2.15. The predicted octanol–water partition coefficient (Wildman–Crippen LogP) is 2.31. The molecular weight excluding hydrogens is 160 g/mol. The van der Waals surface area contributed by atoms with Crippen LogP contribution in [0.15, 0.2) is 30.3 Å². The van der Waals surface area contributed by atoms with Gasteiger partial charge < -0.3 is 11.5 Å². The van der Waals surface area contributed by atoms with Crippen molar-refractivity contribution in [2.45, 2.75) is 6.92 Å². The molecule has 0 saturated heterocycles. The summed E-state index contributed by atoms with van der Waals surface area (Å²) < 4.78 is 0. The van der Waals surface area contributed by atoms with E-state index in [1.54, 1.807) is 0 Å². The van der Waals surface area contributed by atoms with Crippen LogP contribution in [0.3, 0.4) is 0 Å². The Hall–Kier alpha value is -1.70. The molecular formula is C11H12N2. The third-order valence-corrected chi connectivity index (χ3v) is 2.40. The fourth-order valence-corrected chi connectivity index (χ4v) is 1.50. The molecule has 0 radical (unpaired) electrons. The molecule has 0 aromatic heterocycles. The van der Waals surface area contributed by atoms with Crippen LogP contribution >= 0.6 is 0 Å². The first-order valence-electron chi connectivity index (χ1n) is 4.23. The number of fused-ring (bicyclic) bond motifs is 1. The van der Waals surface area contributed by atoms with Gasteiger partial charge in [0.25, 0.3) is 0 Å². The fraction of sp³-hybridized carbons (Fsp3) is 0.0909. The molecule has 0 fully saturated rings. The predicted molar refractivity (Wildman–Crippen MR) is 57.5 cm³/mol. The number of benzene rings is 2. The topological polar surface area (TPSA) is 52.0 Å². The van der Waals surface area contributed by atoms with E-state index in [0.29, 0.717) is 0 Å². The number of rotatable bonds is 0. The lowest BCUT2D eigenvalue weighted by atomic mass is 10.0. The minimum Gasteiger partial charge on any atom is -0.398 e. The van der Waals surface area contributed by atoms with Crippen LogP contribution in [0.4, 0.5) is 11.4 Å². The van der Waals surface area contributed by atoms with Gasteiger partial charge in [0.05, 0.1) is 0 Å². The summed E-state index contributed by atoms with van der Waals surface area (Å²) in [5.74, 6) is 0. The van der Waals surface area contributed by atoms with Gasteiger partial charge in [-0.25, -0.2) is 0 Å². The summed E-state index contributed by atoms with van der Waals surface area (Å²) >= 11 is 0. The molecule has 0 saturated carbocycles. The highest BCUT2D eigenvalue weighted by Crippen LogP contribution is 2.28. The van der Waals surface area contributed by atoms with E-state index in [4.69, 9.17) is 11.5 Å². The van der Waals surface area contributed by atoms with Gasteiger partial charge in [0.2, 0.25) is 0 Å². The molecule has 2 rings (SSSR count). The van der Waals surface area contributed by atoms with E-state index >= 15 is 0 Å². The summed E-state index contributed by atoms with van der Waals surface area (Å²) in [6.45, 7) is 1.94. The molecule has 0 aliphatic heterocycles. The number of hydrogen-bond acceptors (Lipinski definition) is 2. The zero-order valence-electron chi connectivity index (χ0n) is 7.54. The van der Waals surface area contributed by atoms with Gasteiger partial charge in [-0.05, 0) is 23.9 Å². The minimum absolute atomic E-state index is 0.760. The van der Waals surface area contributed by atoms with Gasteiger partial charge in [0.1, 0.15) is 0 Å². The van der Waals surface area contributed by atoms with Crippen molar-refractivity contribution in [3.63, 3.8) is 0 Å². The van der Waals surface area contributed by atoms with Crippen LogP contribution in [-0.4, -0.2) is 0 Å². The maximum absolute atomic E-state index is 5.94. The summed E-state index contributed by atoms with van der Waals surface area (Å²) in [5.41, 5.74) is 14.3. The molecule has 4 N–H and O–H groups in total. The fourth-order valence-electron chi connectivity index (χ4n) is 1.50. The van der Waals surface area contributed by atoms with E-state index in [-0.39, 0.29) is 0 Å². The third-order valence-electron chi connectivity index (χ3n) is 2.40. The molecule has 0 atom stereocenters. The van der Waals surface area contributed by atoms with E-state index in [0.717, 1.165) is 27.7 Å². The minimum atomic E-state index is 0.760. The Morgan fingerprint density at radius 3 is 2.54 bits per heavy atom. The smallest absolute Gasteiger partial charge is 0.0444 e. The summed E-state index contributed by atoms with van der Waals surface area (Å²) in [5, 5.41) is 2.18.